The van der Waals surface area contributed by atoms with E-state index in [1.165, 1.54) is 11.3 Å². The molecule has 0 aliphatic rings. The lowest BCUT2D eigenvalue weighted by molar-refractivity contribution is 0.0955. The fourth-order valence-electron chi connectivity index (χ4n) is 2.67. The van der Waals surface area contributed by atoms with Crippen LogP contribution in [0, 0.1) is 0 Å². The van der Waals surface area contributed by atoms with Crippen LogP contribution in [-0.2, 0) is 16.4 Å². The van der Waals surface area contributed by atoms with Gasteiger partial charge in [0.05, 0.1) is 14.7 Å². The molecule has 0 saturated carbocycles. The molecule has 1 N–H and O–H groups in total. The standard InChI is InChI=1S/C20H15N3O3S2/c24-19(18-12-17-20(27-18)22-11-10-21-17)23-13-14-6-8-16(9-7-14)28(25,26)15-4-2-1-3-5-15/h1-12H,13H2,(H,23,24). The molecule has 0 bridgehead atoms. The summed E-state index contributed by atoms with van der Waals surface area (Å²) in [6.07, 6.45) is 3.17. The first-order chi connectivity index (χ1) is 13.5. The quantitative estimate of drug-likeness (QED) is 0.545. The Labute approximate surface area is 165 Å². The Bertz CT molecular complexity index is 1200. The minimum absolute atomic E-state index is 0.217. The van der Waals surface area contributed by atoms with Gasteiger partial charge in [-0.3, -0.25) is 9.78 Å². The van der Waals surface area contributed by atoms with E-state index in [9.17, 15) is 13.2 Å². The molecule has 0 radical (unpaired) electrons. The third kappa shape index (κ3) is 3.64. The van der Waals surface area contributed by atoms with E-state index in [2.05, 4.69) is 15.3 Å². The Kier molecular flexibility index (Phi) is 4.89. The number of rotatable bonds is 5. The largest absolute Gasteiger partial charge is 0.347 e. The topological polar surface area (TPSA) is 89.0 Å². The Hall–Kier alpha value is -3.10. The van der Waals surface area contributed by atoms with E-state index >= 15 is 0 Å². The van der Waals surface area contributed by atoms with Crippen LogP contribution in [-0.4, -0.2) is 24.3 Å². The number of hydrogen-bond acceptors (Lipinski definition) is 6. The molecule has 0 aliphatic heterocycles. The molecule has 4 aromatic rings. The number of fused-ring (bicyclic) bond motifs is 1. The zero-order valence-corrected chi connectivity index (χ0v) is 16.2. The number of nitrogens with zero attached hydrogens (tertiary/aromatic N) is 2. The summed E-state index contributed by atoms with van der Waals surface area (Å²) >= 11 is 1.28. The first-order valence-electron chi connectivity index (χ1n) is 8.42. The molecule has 0 spiro atoms. The highest BCUT2D eigenvalue weighted by atomic mass is 32.2. The van der Waals surface area contributed by atoms with Crippen molar-refractivity contribution in [2.45, 2.75) is 16.3 Å². The molecule has 0 atom stereocenters. The molecule has 2 heterocycles. The van der Waals surface area contributed by atoms with Gasteiger partial charge in [0.2, 0.25) is 9.84 Å². The van der Waals surface area contributed by atoms with Crippen molar-refractivity contribution in [2.75, 3.05) is 0 Å². The smallest absolute Gasteiger partial charge is 0.261 e. The van der Waals surface area contributed by atoms with Gasteiger partial charge in [-0.25, -0.2) is 13.4 Å². The minimum Gasteiger partial charge on any atom is -0.347 e. The molecule has 28 heavy (non-hydrogen) atoms. The van der Waals surface area contributed by atoms with Crippen LogP contribution in [0.5, 0.6) is 0 Å². The number of thiophene rings is 1. The zero-order chi connectivity index (χ0) is 19.6. The fraction of sp³-hybridized carbons (Fsp3) is 0.0500. The molecular weight excluding hydrogens is 394 g/mol. The maximum absolute atomic E-state index is 12.6. The number of hydrogen-bond donors (Lipinski definition) is 1. The summed E-state index contributed by atoms with van der Waals surface area (Å²) in [5, 5.41) is 2.83. The van der Waals surface area contributed by atoms with Crippen molar-refractivity contribution in [3.05, 3.63) is 83.5 Å². The van der Waals surface area contributed by atoms with Crippen LogP contribution in [0.25, 0.3) is 10.3 Å². The zero-order valence-electron chi connectivity index (χ0n) is 14.6. The third-order valence-electron chi connectivity index (χ3n) is 4.13. The van der Waals surface area contributed by atoms with Crippen LogP contribution in [0.1, 0.15) is 15.2 Å². The van der Waals surface area contributed by atoms with E-state index < -0.39 is 9.84 Å². The summed E-state index contributed by atoms with van der Waals surface area (Å²) in [6.45, 7) is 0.291. The second-order valence-electron chi connectivity index (χ2n) is 6.00. The van der Waals surface area contributed by atoms with Crippen molar-refractivity contribution >= 4 is 37.4 Å². The summed E-state index contributed by atoms with van der Waals surface area (Å²) in [4.78, 5) is 22.4. The van der Waals surface area contributed by atoms with Crippen molar-refractivity contribution < 1.29 is 13.2 Å². The number of benzene rings is 2. The average Bonchev–Trinajstić information content (AvgIpc) is 3.17. The summed E-state index contributed by atoms with van der Waals surface area (Å²) in [6, 6.07) is 16.5. The number of nitrogens with one attached hydrogen (secondary N) is 1. The van der Waals surface area contributed by atoms with Crippen LogP contribution in [0.15, 0.2) is 82.8 Å². The average molecular weight is 409 g/mol. The van der Waals surface area contributed by atoms with Gasteiger partial charge in [-0.2, -0.15) is 0 Å². The first kappa shape index (κ1) is 18.3. The first-order valence-corrected chi connectivity index (χ1v) is 10.7. The Morgan fingerprint density at radius 2 is 1.61 bits per heavy atom. The second kappa shape index (κ2) is 7.49. The van der Waals surface area contributed by atoms with Crippen LogP contribution < -0.4 is 5.32 Å². The van der Waals surface area contributed by atoms with Gasteiger partial charge in [-0.05, 0) is 35.9 Å². The van der Waals surface area contributed by atoms with E-state index in [1.54, 1.807) is 73.1 Å². The molecule has 0 saturated heterocycles. The van der Waals surface area contributed by atoms with E-state index in [0.717, 1.165) is 5.56 Å². The molecule has 140 valence electrons. The van der Waals surface area contributed by atoms with Crippen molar-refractivity contribution in [1.82, 2.24) is 15.3 Å². The van der Waals surface area contributed by atoms with Crippen molar-refractivity contribution in [2.24, 2.45) is 0 Å². The fourth-order valence-corrected chi connectivity index (χ4v) is 4.83. The third-order valence-corrected chi connectivity index (χ3v) is 6.95. The number of aromatic nitrogens is 2. The highest BCUT2D eigenvalue weighted by Crippen LogP contribution is 2.22. The van der Waals surface area contributed by atoms with E-state index in [1.807, 2.05) is 0 Å². The SMILES string of the molecule is O=C(NCc1ccc(S(=O)(=O)c2ccccc2)cc1)c1cc2nccnc2s1. The lowest BCUT2D eigenvalue weighted by Crippen LogP contribution is -2.21. The van der Waals surface area contributed by atoms with E-state index in [-0.39, 0.29) is 15.7 Å². The minimum atomic E-state index is -3.54. The molecule has 1 amide bonds. The molecule has 8 heteroatoms. The monoisotopic (exact) mass is 409 g/mol. The van der Waals surface area contributed by atoms with Gasteiger partial charge in [-0.1, -0.05) is 30.3 Å². The Balaban J connectivity index is 1.45. The molecule has 2 aromatic heterocycles. The predicted molar refractivity (Wildman–Crippen MR) is 107 cm³/mol. The summed E-state index contributed by atoms with van der Waals surface area (Å²) in [5.74, 6) is -0.217. The molecule has 0 unspecified atom stereocenters. The van der Waals surface area contributed by atoms with Crippen molar-refractivity contribution in [1.29, 1.82) is 0 Å². The van der Waals surface area contributed by atoms with Gasteiger partial charge in [0.25, 0.3) is 5.91 Å². The Morgan fingerprint density at radius 1 is 0.929 bits per heavy atom. The van der Waals surface area contributed by atoms with E-state index in [4.69, 9.17) is 0 Å². The normalized spacial score (nSPS) is 11.4. The number of amides is 1. The summed E-state index contributed by atoms with van der Waals surface area (Å²) in [7, 11) is -3.54. The van der Waals surface area contributed by atoms with Gasteiger partial charge in [0.1, 0.15) is 10.3 Å². The molecule has 2 aromatic carbocycles. The van der Waals surface area contributed by atoms with Gasteiger partial charge < -0.3 is 5.32 Å². The molecular formula is C20H15N3O3S2. The van der Waals surface area contributed by atoms with Gasteiger partial charge in [-0.15, -0.1) is 11.3 Å². The molecule has 4 rings (SSSR count). The van der Waals surface area contributed by atoms with Crippen LogP contribution in [0.3, 0.4) is 0 Å². The highest BCUT2D eigenvalue weighted by molar-refractivity contribution is 7.91. The lowest BCUT2D eigenvalue weighted by Gasteiger charge is -2.07. The maximum atomic E-state index is 12.6. The van der Waals surface area contributed by atoms with Crippen LogP contribution in [0.4, 0.5) is 0 Å². The summed E-state index contributed by atoms with van der Waals surface area (Å²) in [5.41, 5.74) is 1.49. The van der Waals surface area contributed by atoms with Gasteiger partial charge >= 0.3 is 0 Å². The molecule has 0 fully saturated rings. The second-order valence-corrected chi connectivity index (χ2v) is 8.98. The Morgan fingerprint density at radius 3 is 2.32 bits per heavy atom. The number of carbonyl (C=O) groups excluding carboxylic acids is 1. The van der Waals surface area contributed by atoms with Crippen molar-refractivity contribution in [3.63, 3.8) is 0 Å². The van der Waals surface area contributed by atoms with Crippen LogP contribution >= 0.6 is 11.3 Å². The van der Waals surface area contributed by atoms with Crippen molar-refractivity contribution in [3.8, 4) is 0 Å². The number of carbonyl (C=O) groups is 1. The number of sulfone groups is 1. The van der Waals surface area contributed by atoms with Gasteiger partial charge in [0, 0.05) is 18.9 Å². The lowest BCUT2D eigenvalue weighted by atomic mass is 10.2. The molecule has 6 nitrogen and oxygen atoms in total. The molecule has 0 aliphatic carbocycles. The van der Waals surface area contributed by atoms with Gasteiger partial charge in [0.15, 0.2) is 0 Å². The van der Waals surface area contributed by atoms with Crippen LogP contribution in [0.2, 0.25) is 0 Å². The summed E-state index contributed by atoms with van der Waals surface area (Å²) < 4.78 is 25.2. The predicted octanol–water partition coefficient (Wildman–Crippen LogP) is 3.45. The van der Waals surface area contributed by atoms with E-state index in [0.29, 0.717) is 21.8 Å². The highest BCUT2D eigenvalue weighted by Gasteiger charge is 2.17. The maximum Gasteiger partial charge on any atom is 0.261 e.